The zero-order valence-electron chi connectivity index (χ0n) is 14.0. The van der Waals surface area contributed by atoms with E-state index in [1.165, 1.54) is 22.3 Å². The molecule has 0 saturated heterocycles. The van der Waals surface area contributed by atoms with Gasteiger partial charge in [-0.25, -0.2) is 0 Å². The molecular weight excluding hydrogens is 292 g/mol. The molecule has 0 amide bonds. The van der Waals surface area contributed by atoms with Crippen molar-refractivity contribution in [3.8, 4) is 5.75 Å². The number of para-hydroxylation sites is 1. The van der Waals surface area contributed by atoms with Crippen molar-refractivity contribution in [2.45, 2.75) is 19.8 Å². The first-order valence-electron chi connectivity index (χ1n) is 8.34. The lowest BCUT2D eigenvalue weighted by molar-refractivity contribution is 0.484. The summed E-state index contributed by atoms with van der Waals surface area (Å²) >= 11 is 0. The van der Waals surface area contributed by atoms with Crippen LogP contribution in [-0.4, -0.2) is 0 Å². The van der Waals surface area contributed by atoms with Crippen molar-refractivity contribution in [1.29, 1.82) is 0 Å². The fourth-order valence-corrected chi connectivity index (χ4v) is 3.55. The van der Waals surface area contributed by atoms with Crippen molar-refractivity contribution >= 4 is 5.76 Å². The Kier molecular flexibility index (Phi) is 3.70. The highest BCUT2D eigenvalue weighted by Crippen LogP contribution is 2.45. The molecule has 0 aliphatic carbocycles. The molecule has 3 aromatic carbocycles. The average Bonchev–Trinajstić information content (AvgIpc) is 2.63. The van der Waals surface area contributed by atoms with E-state index in [2.05, 4.69) is 80.6 Å². The molecule has 1 unspecified atom stereocenters. The fraction of sp³-hybridized carbons (Fsp3) is 0.130. The topological polar surface area (TPSA) is 9.23 Å². The highest BCUT2D eigenvalue weighted by atomic mass is 16.5. The van der Waals surface area contributed by atoms with Gasteiger partial charge in [-0.1, -0.05) is 72.8 Å². The molecule has 24 heavy (non-hydrogen) atoms. The van der Waals surface area contributed by atoms with Crippen molar-refractivity contribution in [1.82, 2.24) is 0 Å². The number of hydrogen-bond acceptors (Lipinski definition) is 1. The van der Waals surface area contributed by atoms with Crippen LogP contribution in [-0.2, 0) is 0 Å². The lowest BCUT2D eigenvalue weighted by Gasteiger charge is -2.30. The van der Waals surface area contributed by atoms with Crippen molar-refractivity contribution < 1.29 is 4.74 Å². The summed E-state index contributed by atoms with van der Waals surface area (Å²) in [5.41, 5.74) is 6.28. The highest BCUT2D eigenvalue weighted by Gasteiger charge is 2.29. The van der Waals surface area contributed by atoms with E-state index in [1.807, 2.05) is 12.1 Å². The van der Waals surface area contributed by atoms with Gasteiger partial charge in [-0.05, 0) is 36.6 Å². The van der Waals surface area contributed by atoms with Gasteiger partial charge in [-0.3, -0.25) is 0 Å². The minimum atomic E-state index is 0.228. The van der Waals surface area contributed by atoms with E-state index in [1.54, 1.807) is 0 Å². The monoisotopic (exact) mass is 312 g/mol. The lowest BCUT2D eigenvalue weighted by Crippen LogP contribution is -2.15. The Hall–Kier alpha value is -2.80. The number of ether oxygens (including phenoxy) is 1. The summed E-state index contributed by atoms with van der Waals surface area (Å²) in [6.07, 6.45) is 0. The van der Waals surface area contributed by atoms with Crippen LogP contribution in [0.25, 0.3) is 5.76 Å². The second kappa shape index (κ2) is 6.01. The summed E-state index contributed by atoms with van der Waals surface area (Å²) in [4.78, 5) is 0. The summed E-state index contributed by atoms with van der Waals surface area (Å²) in [5, 5.41) is 0. The average molecular weight is 312 g/mol. The number of hydrogen-bond donors (Lipinski definition) is 0. The van der Waals surface area contributed by atoms with Crippen molar-refractivity contribution in [2.24, 2.45) is 0 Å². The quantitative estimate of drug-likeness (QED) is 0.568. The van der Waals surface area contributed by atoms with Crippen molar-refractivity contribution in [3.05, 3.63) is 107 Å². The molecular formula is C23H20O. The maximum atomic E-state index is 6.30. The molecule has 1 aliphatic heterocycles. The zero-order valence-corrected chi connectivity index (χ0v) is 14.0. The van der Waals surface area contributed by atoms with E-state index in [-0.39, 0.29) is 5.92 Å². The Balaban J connectivity index is 1.95. The first-order chi connectivity index (χ1) is 11.8. The van der Waals surface area contributed by atoms with Crippen LogP contribution < -0.4 is 4.74 Å². The highest BCUT2D eigenvalue weighted by molar-refractivity contribution is 5.72. The standard InChI is InChI=1S/C23H20O/c1-16-10-6-7-13-19(16)22-17(2)23(18-11-4-3-5-12-18)24-21-15-9-8-14-20(21)22/h3-15,22H,1-2H3. The van der Waals surface area contributed by atoms with Gasteiger partial charge in [0.05, 0.1) is 0 Å². The molecule has 1 heteroatoms. The van der Waals surface area contributed by atoms with E-state index in [4.69, 9.17) is 4.74 Å². The third-order valence-electron chi connectivity index (χ3n) is 4.77. The lowest BCUT2D eigenvalue weighted by atomic mass is 9.80. The molecule has 0 radical (unpaired) electrons. The predicted octanol–water partition coefficient (Wildman–Crippen LogP) is 5.95. The summed E-state index contributed by atoms with van der Waals surface area (Å²) in [5.74, 6) is 2.16. The largest absolute Gasteiger partial charge is 0.456 e. The number of rotatable bonds is 2. The second-order valence-electron chi connectivity index (χ2n) is 6.31. The minimum Gasteiger partial charge on any atom is -0.456 e. The Bertz CT molecular complexity index is 906. The Morgan fingerprint density at radius 2 is 1.29 bits per heavy atom. The van der Waals surface area contributed by atoms with Crippen molar-refractivity contribution in [3.63, 3.8) is 0 Å². The molecule has 0 fully saturated rings. The molecule has 118 valence electrons. The van der Waals surface area contributed by atoms with Crippen LogP contribution in [0.5, 0.6) is 5.75 Å². The van der Waals surface area contributed by atoms with Gasteiger partial charge in [-0.15, -0.1) is 0 Å². The molecule has 0 spiro atoms. The van der Waals surface area contributed by atoms with Crippen LogP contribution in [0.2, 0.25) is 0 Å². The Labute approximate surface area is 143 Å². The van der Waals surface area contributed by atoms with Gasteiger partial charge in [0.2, 0.25) is 0 Å². The number of benzene rings is 3. The van der Waals surface area contributed by atoms with Crippen LogP contribution in [0.4, 0.5) is 0 Å². The van der Waals surface area contributed by atoms with E-state index in [0.29, 0.717) is 0 Å². The maximum Gasteiger partial charge on any atom is 0.134 e. The molecule has 0 aromatic heterocycles. The SMILES string of the molecule is CC1=C(c2ccccc2)Oc2ccccc2C1c1ccccc1C. The molecule has 4 rings (SSSR count). The van der Waals surface area contributed by atoms with E-state index in [9.17, 15) is 0 Å². The molecule has 0 N–H and O–H groups in total. The Morgan fingerprint density at radius 3 is 2.04 bits per heavy atom. The van der Waals surface area contributed by atoms with E-state index < -0.39 is 0 Å². The third-order valence-corrected chi connectivity index (χ3v) is 4.77. The summed E-state index contributed by atoms with van der Waals surface area (Å²) in [6.45, 7) is 4.37. The normalized spacial score (nSPS) is 16.5. The summed E-state index contributed by atoms with van der Waals surface area (Å²) < 4.78 is 6.30. The number of allylic oxidation sites excluding steroid dienone is 1. The maximum absolute atomic E-state index is 6.30. The van der Waals surface area contributed by atoms with Crippen LogP contribution in [0.1, 0.15) is 35.1 Å². The zero-order chi connectivity index (χ0) is 16.5. The number of fused-ring (bicyclic) bond motifs is 1. The second-order valence-corrected chi connectivity index (χ2v) is 6.31. The molecule has 0 saturated carbocycles. The van der Waals surface area contributed by atoms with Gasteiger partial charge in [0.15, 0.2) is 0 Å². The molecule has 1 nitrogen and oxygen atoms in total. The molecule has 1 aliphatic rings. The van der Waals surface area contributed by atoms with E-state index in [0.717, 1.165) is 17.1 Å². The van der Waals surface area contributed by atoms with Crippen LogP contribution in [0, 0.1) is 6.92 Å². The molecule has 3 aromatic rings. The molecule has 1 heterocycles. The fourth-order valence-electron chi connectivity index (χ4n) is 3.55. The first kappa shape index (κ1) is 14.8. The van der Waals surface area contributed by atoms with Gasteiger partial charge in [-0.2, -0.15) is 0 Å². The van der Waals surface area contributed by atoms with Gasteiger partial charge < -0.3 is 4.74 Å². The first-order valence-corrected chi connectivity index (χ1v) is 8.34. The van der Waals surface area contributed by atoms with Gasteiger partial charge in [0.1, 0.15) is 11.5 Å². The molecule has 0 bridgehead atoms. The third kappa shape index (κ3) is 2.43. The minimum absolute atomic E-state index is 0.228. The van der Waals surface area contributed by atoms with Crippen LogP contribution in [0.15, 0.2) is 84.4 Å². The predicted molar refractivity (Wildman–Crippen MR) is 99.1 cm³/mol. The smallest absolute Gasteiger partial charge is 0.134 e. The summed E-state index contributed by atoms with van der Waals surface area (Å²) in [7, 11) is 0. The van der Waals surface area contributed by atoms with Gasteiger partial charge >= 0.3 is 0 Å². The number of aryl methyl sites for hydroxylation is 1. The Morgan fingerprint density at radius 1 is 0.667 bits per heavy atom. The summed E-state index contributed by atoms with van der Waals surface area (Å²) in [6, 6.07) is 27.4. The van der Waals surface area contributed by atoms with Crippen molar-refractivity contribution in [2.75, 3.05) is 0 Å². The van der Waals surface area contributed by atoms with Gasteiger partial charge in [0.25, 0.3) is 0 Å². The molecule has 1 atom stereocenters. The van der Waals surface area contributed by atoms with Gasteiger partial charge in [0, 0.05) is 17.0 Å². The van der Waals surface area contributed by atoms with Crippen LogP contribution >= 0.6 is 0 Å². The van der Waals surface area contributed by atoms with Crippen LogP contribution in [0.3, 0.4) is 0 Å². The van der Waals surface area contributed by atoms with E-state index >= 15 is 0 Å².